The fourth-order valence-corrected chi connectivity index (χ4v) is 3.02. The van der Waals surface area contributed by atoms with Crippen LogP contribution < -0.4 is 4.80 Å². The van der Waals surface area contributed by atoms with Gasteiger partial charge in [-0.1, -0.05) is 17.7 Å². The van der Waals surface area contributed by atoms with Gasteiger partial charge in [-0.25, -0.2) is 4.99 Å². The largest absolute Gasteiger partial charge is 0.281 e. The molecule has 0 saturated heterocycles. The molecule has 112 valence electrons. The van der Waals surface area contributed by atoms with Gasteiger partial charge >= 0.3 is 0 Å². The zero-order valence-electron chi connectivity index (χ0n) is 12.7. The molecule has 0 bridgehead atoms. The third-order valence-corrected chi connectivity index (χ3v) is 4.58. The Balaban J connectivity index is 2.02. The highest BCUT2D eigenvalue weighted by molar-refractivity contribution is 7.03. The van der Waals surface area contributed by atoms with Gasteiger partial charge in [-0.05, 0) is 72.9 Å². The van der Waals surface area contributed by atoms with Crippen LogP contribution in [0.3, 0.4) is 0 Å². The Labute approximate surface area is 138 Å². The molecule has 1 heterocycles. The molecule has 0 aliphatic carbocycles. The maximum atomic E-state index is 5.94. The molecule has 0 spiro atoms. The predicted octanol–water partition coefficient (Wildman–Crippen LogP) is 4.65. The minimum Gasteiger partial charge on any atom is -0.281 e. The van der Waals surface area contributed by atoms with Gasteiger partial charge in [0.25, 0.3) is 0 Å². The molecule has 5 heteroatoms. The minimum absolute atomic E-state index is 0.724. The van der Waals surface area contributed by atoms with Crippen molar-refractivity contribution in [3.05, 3.63) is 63.4 Å². The molecule has 0 aliphatic rings. The average molecular weight is 330 g/mol. The molecule has 3 rings (SSSR count). The van der Waals surface area contributed by atoms with Crippen LogP contribution in [0, 0.1) is 13.8 Å². The van der Waals surface area contributed by atoms with Crippen molar-refractivity contribution in [3.8, 4) is 11.4 Å². The fourth-order valence-electron chi connectivity index (χ4n) is 2.14. The lowest BCUT2D eigenvalue weighted by molar-refractivity contribution is 1.00. The summed E-state index contributed by atoms with van der Waals surface area (Å²) in [4.78, 5) is 10.0. The van der Waals surface area contributed by atoms with E-state index in [0.717, 1.165) is 26.9 Å². The molecule has 0 fully saturated rings. The van der Waals surface area contributed by atoms with Crippen LogP contribution in [0.25, 0.3) is 11.4 Å². The quantitative estimate of drug-likeness (QED) is 0.673. The van der Waals surface area contributed by atoms with Gasteiger partial charge in [0.15, 0.2) is 5.82 Å². The summed E-state index contributed by atoms with van der Waals surface area (Å²) in [7, 11) is 1.99. The lowest BCUT2D eigenvalue weighted by Crippen LogP contribution is -1.97. The Morgan fingerprint density at radius 3 is 2.45 bits per heavy atom. The molecule has 0 amide bonds. The molecule has 0 unspecified atom stereocenters. The topological polar surface area (TPSA) is 30.2 Å². The lowest BCUT2D eigenvalue weighted by Gasteiger charge is -1.99. The third kappa shape index (κ3) is 3.13. The van der Waals surface area contributed by atoms with Crippen molar-refractivity contribution in [2.75, 3.05) is 0 Å². The van der Waals surface area contributed by atoms with E-state index in [1.807, 2.05) is 41.3 Å². The number of rotatable bonds is 2. The summed E-state index contributed by atoms with van der Waals surface area (Å²) in [5.41, 5.74) is 4.47. The summed E-state index contributed by atoms with van der Waals surface area (Å²) in [6, 6.07) is 13.9. The maximum absolute atomic E-state index is 5.94. The first kappa shape index (κ1) is 15.0. The molecule has 1 aromatic heterocycles. The van der Waals surface area contributed by atoms with Gasteiger partial charge in [0.05, 0.1) is 5.69 Å². The smallest absolute Gasteiger partial charge is 0.227 e. The number of aryl methyl sites for hydroxylation is 3. The van der Waals surface area contributed by atoms with Crippen LogP contribution in [-0.2, 0) is 7.05 Å². The number of nitrogens with zero attached hydrogens (tertiary/aromatic N) is 3. The second-order valence-electron chi connectivity index (χ2n) is 5.19. The third-order valence-electron chi connectivity index (χ3n) is 3.54. The van der Waals surface area contributed by atoms with Crippen molar-refractivity contribution < 1.29 is 0 Å². The fraction of sp³-hybridized carbons (Fsp3) is 0.176. The van der Waals surface area contributed by atoms with Gasteiger partial charge in [0.1, 0.15) is 0 Å². The van der Waals surface area contributed by atoms with Crippen LogP contribution in [-0.4, -0.2) is 8.94 Å². The molecule has 0 aliphatic heterocycles. The van der Waals surface area contributed by atoms with Crippen molar-refractivity contribution in [1.82, 2.24) is 8.94 Å². The predicted molar refractivity (Wildman–Crippen MR) is 92.7 cm³/mol. The van der Waals surface area contributed by atoms with E-state index in [1.165, 1.54) is 22.7 Å². The average Bonchev–Trinajstić information content (AvgIpc) is 2.84. The summed E-state index contributed by atoms with van der Waals surface area (Å²) in [5.74, 6) is 0.893. The zero-order chi connectivity index (χ0) is 15.7. The number of hydrogen-bond donors (Lipinski definition) is 0. The molecular weight excluding hydrogens is 314 g/mol. The van der Waals surface area contributed by atoms with Gasteiger partial charge in [0.2, 0.25) is 4.80 Å². The first-order chi connectivity index (χ1) is 10.5. The molecular formula is C17H16ClN3S. The van der Waals surface area contributed by atoms with Crippen molar-refractivity contribution in [3.63, 3.8) is 0 Å². The summed E-state index contributed by atoms with van der Waals surface area (Å²) in [5, 5.41) is 0.724. The Hall–Kier alpha value is -1.91. The van der Waals surface area contributed by atoms with Gasteiger partial charge in [-0.2, -0.15) is 4.98 Å². The number of hydrogen-bond acceptors (Lipinski definition) is 3. The number of benzene rings is 2. The standard InChI is InChI=1S/C17H16ClN3S/c1-11-4-9-15(10-12(11)2)19-17-20-16(21(3)22-17)13-5-7-14(18)8-6-13/h4-10H,1-3H3. The molecule has 3 nitrogen and oxygen atoms in total. The first-order valence-corrected chi connectivity index (χ1v) is 8.10. The molecule has 0 atom stereocenters. The van der Waals surface area contributed by atoms with E-state index in [2.05, 4.69) is 36.0 Å². The summed E-state index contributed by atoms with van der Waals surface area (Å²) >= 11 is 7.46. The van der Waals surface area contributed by atoms with Crippen LogP contribution in [0.5, 0.6) is 0 Å². The van der Waals surface area contributed by atoms with Crippen LogP contribution >= 0.6 is 23.1 Å². The molecule has 0 N–H and O–H groups in total. The van der Waals surface area contributed by atoms with Gasteiger partial charge < -0.3 is 0 Å². The van der Waals surface area contributed by atoms with Crippen LogP contribution in [0.15, 0.2) is 47.5 Å². The van der Waals surface area contributed by atoms with E-state index in [4.69, 9.17) is 11.6 Å². The highest BCUT2D eigenvalue weighted by Crippen LogP contribution is 2.20. The highest BCUT2D eigenvalue weighted by Gasteiger charge is 2.06. The maximum Gasteiger partial charge on any atom is 0.227 e. The summed E-state index contributed by atoms with van der Waals surface area (Å²) in [6.45, 7) is 4.19. The Morgan fingerprint density at radius 2 is 1.77 bits per heavy atom. The first-order valence-electron chi connectivity index (χ1n) is 6.95. The van der Waals surface area contributed by atoms with Crippen molar-refractivity contribution in [1.29, 1.82) is 0 Å². The van der Waals surface area contributed by atoms with E-state index in [9.17, 15) is 0 Å². The second kappa shape index (κ2) is 6.07. The van der Waals surface area contributed by atoms with Crippen LogP contribution in [0.1, 0.15) is 11.1 Å². The van der Waals surface area contributed by atoms with Gasteiger partial charge in [-0.3, -0.25) is 3.96 Å². The van der Waals surface area contributed by atoms with Gasteiger partial charge in [-0.15, -0.1) is 0 Å². The molecule has 0 saturated carbocycles. The van der Waals surface area contributed by atoms with E-state index in [0.29, 0.717) is 0 Å². The minimum atomic E-state index is 0.724. The van der Waals surface area contributed by atoms with Crippen molar-refractivity contribution in [2.45, 2.75) is 13.8 Å². The normalized spacial score (nSPS) is 11.9. The SMILES string of the molecule is Cc1ccc(N=c2nc(-c3ccc(Cl)cc3)n(C)s2)cc1C. The summed E-state index contributed by atoms with van der Waals surface area (Å²) in [6.07, 6.45) is 0. The Bertz CT molecular complexity index is 876. The zero-order valence-corrected chi connectivity index (χ0v) is 14.2. The van der Waals surface area contributed by atoms with E-state index < -0.39 is 0 Å². The van der Waals surface area contributed by atoms with E-state index in [-0.39, 0.29) is 0 Å². The number of halogens is 1. The Morgan fingerprint density at radius 1 is 1.05 bits per heavy atom. The summed E-state index contributed by atoms with van der Waals surface area (Å²) < 4.78 is 2.02. The van der Waals surface area contributed by atoms with Crippen LogP contribution in [0.4, 0.5) is 5.69 Å². The van der Waals surface area contributed by atoms with E-state index >= 15 is 0 Å². The van der Waals surface area contributed by atoms with Crippen molar-refractivity contribution >= 4 is 28.8 Å². The molecule has 22 heavy (non-hydrogen) atoms. The monoisotopic (exact) mass is 329 g/mol. The molecule has 0 radical (unpaired) electrons. The molecule has 3 aromatic rings. The van der Waals surface area contributed by atoms with Gasteiger partial charge in [0, 0.05) is 17.6 Å². The van der Waals surface area contributed by atoms with Crippen molar-refractivity contribution in [2.24, 2.45) is 12.0 Å². The molecule has 2 aromatic carbocycles. The lowest BCUT2D eigenvalue weighted by atomic mass is 10.1. The van der Waals surface area contributed by atoms with E-state index in [1.54, 1.807) is 0 Å². The Kier molecular flexibility index (Phi) is 4.14. The highest BCUT2D eigenvalue weighted by atomic mass is 35.5. The van der Waals surface area contributed by atoms with Crippen LogP contribution in [0.2, 0.25) is 5.02 Å². The second-order valence-corrected chi connectivity index (χ2v) is 6.73. The number of aromatic nitrogens is 2.